The van der Waals surface area contributed by atoms with Crippen molar-refractivity contribution in [2.24, 2.45) is 5.73 Å². The lowest BCUT2D eigenvalue weighted by Crippen LogP contribution is -2.45. The summed E-state index contributed by atoms with van der Waals surface area (Å²) < 4.78 is 5.24. The molecule has 0 saturated heterocycles. The molecule has 7 heteroatoms. The SMILES string of the molecule is CC(C)(C)OC(=O)CCC(C(N)=O)N1Cc2cc(CCl)ccc2C1=O. The average molecular weight is 367 g/mol. The lowest BCUT2D eigenvalue weighted by Gasteiger charge is -2.25. The van der Waals surface area contributed by atoms with E-state index < -0.39 is 23.5 Å². The van der Waals surface area contributed by atoms with Crippen molar-refractivity contribution in [2.45, 2.75) is 57.7 Å². The monoisotopic (exact) mass is 366 g/mol. The first kappa shape index (κ1) is 19.2. The Hall–Kier alpha value is -2.08. The van der Waals surface area contributed by atoms with E-state index in [-0.39, 0.29) is 25.3 Å². The van der Waals surface area contributed by atoms with Gasteiger partial charge in [0.25, 0.3) is 5.91 Å². The van der Waals surface area contributed by atoms with Gasteiger partial charge in [0, 0.05) is 24.4 Å². The highest BCUT2D eigenvalue weighted by molar-refractivity contribution is 6.17. The first-order chi connectivity index (χ1) is 11.6. The van der Waals surface area contributed by atoms with Crippen LogP contribution in [0.3, 0.4) is 0 Å². The zero-order valence-electron chi connectivity index (χ0n) is 14.7. The highest BCUT2D eigenvalue weighted by Gasteiger charge is 2.35. The van der Waals surface area contributed by atoms with Crippen LogP contribution in [0.25, 0.3) is 0 Å². The molecule has 136 valence electrons. The molecule has 0 spiro atoms. The Kier molecular flexibility index (Phi) is 5.72. The van der Waals surface area contributed by atoms with Crippen molar-refractivity contribution in [3.05, 3.63) is 34.9 Å². The number of ether oxygens (including phenoxy) is 1. The quantitative estimate of drug-likeness (QED) is 0.618. The fourth-order valence-corrected chi connectivity index (χ4v) is 3.00. The van der Waals surface area contributed by atoms with Gasteiger partial charge in [-0.05, 0) is 44.4 Å². The molecule has 25 heavy (non-hydrogen) atoms. The van der Waals surface area contributed by atoms with Crippen molar-refractivity contribution in [2.75, 3.05) is 0 Å². The van der Waals surface area contributed by atoms with Crippen LogP contribution in [0.4, 0.5) is 0 Å². The molecule has 1 unspecified atom stereocenters. The molecule has 1 aliphatic rings. The first-order valence-corrected chi connectivity index (χ1v) is 8.65. The molecule has 2 rings (SSSR count). The number of primary amides is 1. The molecule has 0 aromatic heterocycles. The maximum absolute atomic E-state index is 12.6. The predicted octanol–water partition coefficient (Wildman–Crippen LogP) is 2.36. The van der Waals surface area contributed by atoms with Crippen LogP contribution >= 0.6 is 11.6 Å². The number of hydrogen-bond donors (Lipinski definition) is 1. The standard InChI is InChI=1S/C18H23ClN2O4/c1-18(2,3)25-15(22)7-6-14(16(20)23)21-10-12-8-11(9-19)4-5-13(12)17(21)24/h4-5,8,14H,6-7,9-10H2,1-3H3,(H2,20,23). The van der Waals surface area contributed by atoms with E-state index in [1.165, 1.54) is 4.90 Å². The van der Waals surface area contributed by atoms with Gasteiger partial charge in [0.05, 0.1) is 0 Å². The van der Waals surface area contributed by atoms with Crippen LogP contribution in [0.5, 0.6) is 0 Å². The molecule has 0 radical (unpaired) electrons. The number of hydrogen-bond acceptors (Lipinski definition) is 4. The molecule has 1 aromatic rings. The summed E-state index contributed by atoms with van der Waals surface area (Å²) in [6.45, 7) is 5.59. The molecule has 0 saturated carbocycles. The molecule has 1 aromatic carbocycles. The summed E-state index contributed by atoms with van der Waals surface area (Å²) in [5.41, 5.74) is 7.13. The largest absolute Gasteiger partial charge is 0.460 e. The van der Waals surface area contributed by atoms with Gasteiger partial charge in [-0.2, -0.15) is 0 Å². The second-order valence-electron chi connectivity index (χ2n) is 7.10. The topological polar surface area (TPSA) is 89.7 Å². The number of nitrogens with zero attached hydrogens (tertiary/aromatic N) is 1. The van der Waals surface area contributed by atoms with Gasteiger partial charge in [0.15, 0.2) is 0 Å². The van der Waals surface area contributed by atoms with Crippen molar-refractivity contribution < 1.29 is 19.1 Å². The fraction of sp³-hybridized carbons (Fsp3) is 0.500. The Labute approximate surface area is 152 Å². The van der Waals surface area contributed by atoms with Gasteiger partial charge >= 0.3 is 5.97 Å². The first-order valence-electron chi connectivity index (χ1n) is 8.12. The van der Waals surface area contributed by atoms with E-state index in [0.717, 1.165) is 11.1 Å². The van der Waals surface area contributed by atoms with Crippen LogP contribution in [-0.2, 0) is 26.8 Å². The van der Waals surface area contributed by atoms with Crippen molar-refractivity contribution in [1.82, 2.24) is 4.90 Å². The molecule has 0 fully saturated rings. The van der Waals surface area contributed by atoms with E-state index in [9.17, 15) is 14.4 Å². The van der Waals surface area contributed by atoms with Crippen molar-refractivity contribution in [3.63, 3.8) is 0 Å². The van der Waals surface area contributed by atoms with Gasteiger partial charge in [0.2, 0.25) is 5.91 Å². The van der Waals surface area contributed by atoms with Gasteiger partial charge in [-0.15, -0.1) is 11.6 Å². The number of halogens is 1. The maximum Gasteiger partial charge on any atom is 0.306 e. The normalized spacial score (nSPS) is 15.0. The molecular formula is C18H23ClN2O4. The van der Waals surface area contributed by atoms with Gasteiger partial charge in [-0.3, -0.25) is 14.4 Å². The maximum atomic E-state index is 12.6. The van der Waals surface area contributed by atoms with E-state index >= 15 is 0 Å². The summed E-state index contributed by atoms with van der Waals surface area (Å²) >= 11 is 5.83. The second-order valence-corrected chi connectivity index (χ2v) is 7.37. The number of rotatable bonds is 6. The predicted molar refractivity (Wildman–Crippen MR) is 93.9 cm³/mol. The molecule has 6 nitrogen and oxygen atoms in total. The highest BCUT2D eigenvalue weighted by atomic mass is 35.5. The minimum absolute atomic E-state index is 0.0118. The number of carbonyl (C=O) groups is 3. The van der Waals surface area contributed by atoms with Crippen LogP contribution in [0, 0.1) is 0 Å². The number of fused-ring (bicyclic) bond motifs is 1. The van der Waals surface area contributed by atoms with Gasteiger partial charge in [-0.1, -0.05) is 12.1 Å². The summed E-state index contributed by atoms with van der Waals surface area (Å²) in [6.07, 6.45) is 0.143. The Morgan fingerprint density at radius 3 is 2.60 bits per heavy atom. The third kappa shape index (κ3) is 4.72. The number of esters is 1. The van der Waals surface area contributed by atoms with Crippen molar-refractivity contribution >= 4 is 29.4 Å². The number of nitrogens with two attached hydrogens (primary N) is 1. The van der Waals surface area contributed by atoms with Crippen molar-refractivity contribution in [1.29, 1.82) is 0 Å². The molecule has 2 amide bonds. The third-order valence-corrected chi connectivity index (χ3v) is 4.21. The van der Waals surface area contributed by atoms with Crippen LogP contribution in [0.1, 0.15) is 55.1 Å². The van der Waals surface area contributed by atoms with E-state index in [0.29, 0.717) is 11.4 Å². The van der Waals surface area contributed by atoms with E-state index in [2.05, 4.69) is 0 Å². The minimum atomic E-state index is -0.855. The minimum Gasteiger partial charge on any atom is -0.460 e. The van der Waals surface area contributed by atoms with Crippen molar-refractivity contribution in [3.8, 4) is 0 Å². The smallest absolute Gasteiger partial charge is 0.306 e. The number of alkyl halides is 1. The number of carbonyl (C=O) groups excluding carboxylic acids is 3. The Morgan fingerprint density at radius 2 is 2.04 bits per heavy atom. The summed E-state index contributed by atoms with van der Waals surface area (Å²) in [7, 11) is 0. The Bertz CT molecular complexity index is 697. The molecular weight excluding hydrogens is 344 g/mol. The zero-order valence-corrected chi connectivity index (χ0v) is 15.4. The summed E-state index contributed by atoms with van der Waals surface area (Å²) in [6, 6.07) is 4.49. The fourth-order valence-electron chi connectivity index (χ4n) is 2.83. The Balaban J connectivity index is 2.10. The molecule has 1 atom stereocenters. The van der Waals surface area contributed by atoms with Crippen LogP contribution in [-0.4, -0.2) is 34.3 Å². The lowest BCUT2D eigenvalue weighted by molar-refractivity contribution is -0.155. The van der Waals surface area contributed by atoms with Gasteiger partial charge in [-0.25, -0.2) is 0 Å². The summed E-state index contributed by atoms with van der Waals surface area (Å²) in [5.74, 6) is -0.974. The number of benzene rings is 1. The number of amides is 2. The van der Waals surface area contributed by atoms with Crippen LogP contribution < -0.4 is 5.73 Å². The molecule has 0 bridgehead atoms. The molecule has 1 heterocycles. The lowest BCUT2D eigenvalue weighted by atomic mass is 10.1. The summed E-state index contributed by atoms with van der Waals surface area (Å²) in [4.78, 5) is 37.7. The van der Waals surface area contributed by atoms with Gasteiger partial charge in [0.1, 0.15) is 11.6 Å². The van der Waals surface area contributed by atoms with E-state index in [4.69, 9.17) is 22.1 Å². The van der Waals surface area contributed by atoms with E-state index in [1.54, 1.807) is 32.9 Å². The Morgan fingerprint density at radius 1 is 1.36 bits per heavy atom. The molecule has 1 aliphatic heterocycles. The third-order valence-electron chi connectivity index (χ3n) is 3.90. The van der Waals surface area contributed by atoms with Gasteiger partial charge < -0.3 is 15.4 Å². The zero-order chi connectivity index (χ0) is 18.8. The second kappa shape index (κ2) is 7.44. The molecule has 2 N–H and O–H groups in total. The van der Waals surface area contributed by atoms with E-state index in [1.807, 2.05) is 6.07 Å². The molecule has 0 aliphatic carbocycles. The highest BCUT2D eigenvalue weighted by Crippen LogP contribution is 2.27. The van der Waals surface area contributed by atoms with Crippen LogP contribution in [0.15, 0.2) is 18.2 Å². The average Bonchev–Trinajstić information content (AvgIpc) is 2.81. The van der Waals surface area contributed by atoms with Crippen LogP contribution in [0.2, 0.25) is 0 Å². The summed E-state index contributed by atoms with van der Waals surface area (Å²) in [5, 5.41) is 0.